The lowest BCUT2D eigenvalue weighted by Crippen LogP contribution is -1.78. The summed E-state index contributed by atoms with van der Waals surface area (Å²) in [5.41, 5.74) is 0. The molecule has 0 saturated carbocycles. The highest BCUT2D eigenvalue weighted by Gasteiger charge is 1.94. The number of halogens is 2. The van der Waals surface area contributed by atoms with Crippen molar-refractivity contribution in [2.75, 3.05) is 0 Å². The first-order chi connectivity index (χ1) is 6.07. The topological polar surface area (TPSA) is 54.4 Å². The summed E-state index contributed by atoms with van der Waals surface area (Å²) in [6.45, 7) is 1.08. The van der Waals surface area contributed by atoms with Crippen LogP contribution in [0.15, 0.2) is 24.3 Å². The van der Waals surface area contributed by atoms with Gasteiger partial charge >= 0.3 is 0 Å². The number of hydrogen-bond acceptors (Lipinski definition) is 2. The van der Waals surface area contributed by atoms with Gasteiger partial charge in [-0.2, -0.15) is 0 Å². The predicted molar refractivity (Wildman–Crippen MR) is 58.2 cm³/mol. The molecule has 1 rings (SSSR count). The molecule has 72 valence electrons. The zero-order chi connectivity index (χ0) is 10.3. The van der Waals surface area contributed by atoms with E-state index in [1.165, 1.54) is 0 Å². The number of benzene rings is 1. The zero-order valence-corrected chi connectivity index (χ0v) is 9.74. The molecule has 0 fully saturated rings. The second-order valence-electron chi connectivity index (χ2n) is 2.01. The van der Waals surface area contributed by atoms with Gasteiger partial charge in [0, 0.05) is 6.92 Å². The van der Waals surface area contributed by atoms with Crippen LogP contribution >= 0.6 is 32.8 Å². The summed E-state index contributed by atoms with van der Waals surface area (Å²) in [5, 5.41) is 8.03. The smallest absolute Gasteiger partial charge is 0.300 e. The van der Waals surface area contributed by atoms with Gasteiger partial charge in [-0.25, -0.2) is 0 Å². The van der Waals surface area contributed by atoms with E-state index in [1.807, 2.05) is 12.1 Å². The van der Waals surface area contributed by atoms with Crippen LogP contribution < -0.4 is 0 Å². The van der Waals surface area contributed by atoms with Gasteiger partial charge in [0.25, 0.3) is 5.97 Å². The molecule has 3 nitrogen and oxygen atoms in total. The first-order valence-electron chi connectivity index (χ1n) is 3.29. The summed E-state index contributed by atoms with van der Waals surface area (Å²) in [6.07, 6.45) is 0. The average molecular weight is 315 g/mol. The van der Waals surface area contributed by atoms with Crippen LogP contribution in [0.4, 0.5) is 0 Å². The standard InChI is InChI=1S/C6H4ClIO.C2H4O2/c7-5-3-1-2-4-6(5)8-9;1-2(3)4/h1-4H;1H3,(H,3,4). The molecule has 1 aromatic carbocycles. The van der Waals surface area contributed by atoms with Crippen LogP contribution in [0.5, 0.6) is 0 Å². The summed E-state index contributed by atoms with van der Waals surface area (Å²) in [5.74, 6) is -0.833. The van der Waals surface area contributed by atoms with Crippen LogP contribution in [0.1, 0.15) is 6.92 Å². The Kier molecular flexibility index (Phi) is 6.70. The zero-order valence-electron chi connectivity index (χ0n) is 6.83. The van der Waals surface area contributed by atoms with E-state index in [9.17, 15) is 3.07 Å². The molecule has 0 unspecified atom stereocenters. The monoisotopic (exact) mass is 314 g/mol. The molecule has 1 N–H and O–H groups in total. The highest BCUT2D eigenvalue weighted by Crippen LogP contribution is 2.19. The molecular formula is C8H8ClIO3. The summed E-state index contributed by atoms with van der Waals surface area (Å²) in [4.78, 5) is 9.00. The summed E-state index contributed by atoms with van der Waals surface area (Å²) in [6, 6.07) is 7.18. The second-order valence-corrected chi connectivity index (χ2v) is 4.02. The molecule has 0 saturated heterocycles. The maximum atomic E-state index is 10.4. The van der Waals surface area contributed by atoms with E-state index in [4.69, 9.17) is 21.5 Å². The fraction of sp³-hybridized carbons (Fsp3) is 0.125. The lowest BCUT2D eigenvalue weighted by molar-refractivity contribution is -0.134. The van der Waals surface area contributed by atoms with Crippen LogP contribution in [0.2, 0.25) is 5.02 Å². The van der Waals surface area contributed by atoms with Gasteiger partial charge in [-0.05, 0) is 12.1 Å². The summed E-state index contributed by atoms with van der Waals surface area (Å²) in [7, 11) is 0. The van der Waals surface area contributed by atoms with Crippen molar-refractivity contribution in [3.05, 3.63) is 32.9 Å². The lowest BCUT2D eigenvalue weighted by Gasteiger charge is -1.88. The van der Waals surface area contributed by atoms with Crippen LogP contribution in [0, 0.1) is 3.57 Å². The average Bonchev–Trinajstić information content (AvgIpc) is 2.04. The highest BCUT2D eigenvalue weighted by molar-refractivity contribution is 14.1. The van der Waals surface area contributed by atoms with E-state index in [0.717, 1.165) is 10.5 Å². The highest BCUT2D eigenvalue weighted by atomic mass is 127. The fourth-order valence-corrected chi connectivity index (χ4v) is 1.58. The molecule has 13 heavy (non-hydrogen) atoms. The molecule has 0 amide bonds. The Morgan fingerprint density at radius 2 is 1.92 bits per heavy atom. The minimum atomic E-state index is -1.09. The van der Waals surface area contributed by atoms with E-state index in [0.29, 0.717) is 5.02 Å². The third-order valence-electron chi connectivity index (χ3n) is 0.907. The fourth-order valence-electron chi connectivity index (χ4n) is 0.502. The van der Waals surface area contributed by atoms with Crippen LogP contribution in [0.3, 0.4) is 0 Å². The number of rotatable bonds is 1. The van der Waals surface area contributed by atoms with E-state index >= 15 is 0 Å². The van der Waals surface area contributed by atoms with Crippen LogP contribution in [-0.4, -0.2) is 11.1 Å². The van der Waals surface area contributed by atoms with Crippen LogP contribution in [0.25, 0.3) is 0 Å². The minimum Gasteiger partial charge on any atom is -0.481 e. The van der Waals surface area contributed by atoms with Crippen molar-refractivity contribution in [3.8, 4) is 0 Å². The van der Waals surface area contributed by atoms with Crippen molar-refractivity contribution in [2.45, 2.75) is 6.92 Å². The molecule has 0 radical (unpaired) electrons. The van der Waals surface area contributed by atoms with Crippen molar-refractivity contribution in [1.82, 2.24) is 0 Å². The second kappa shape index (κ2) is 6.97. The molecule has 0 aliphatic carbocycles. The maximum Gasteiger partial charge on any atom is 0.300 e. The summed E-state index contributed by atoms with van der Waals surface area (Å²) < 4.78 is 11.2. The third kappa shape index (κ3) is 6.65. The first-order valence-corrected chi connectivity index (χ1v) is 5.62. The Morgan fingerprint density at radius 1 is 1.46 bits per heavy atom. The molecule has 0 aliphatic rings. The molecule has 5 heteroatoms. The Hall–Kier alpha value is -0.490. The number of hydrogen-bond donors (Lipinski definition) is 1. The molecule has 0 spiro atoms. The molecule has 0 bridgehead atoms. The van der Waals surface area contributed by atoms with E-state index < -0.39 is 27.2 Å². The van der Waals surface area contributed by atoms with Gasteiger partial charge in [0.05, 0.1) is 8.59 Å². The summed E-state index contributed by atoms with van der Waals surface area (Å²) >= 11 is 4.56. The van der Waals surface area contributed by atoms with Gasteiger partial charge < -0.3 is 5.11 Å². The Bertz CT molecular complexity index is 297. The van der Waals surface area contributed by atoms with Crippen LogP contribution in [-0.2, 0) is 7.86 Å². The number of carboxylic acid groups (broad SMARTS) is 1. The Morgan fingerprint density at radius 3 is 2.23 bits per heavy atom. The van der Waals surface area contributed by atoms with Crippen molar-refractivity contribution < 1.29 is 13.0 Å². The van der Waals surface area contributed by atoms with E-state index in [1.54, 1.807) is 12.1 Å². The third-order valence-corrected chi connectivity index (χ3v) is 2.97. The van der Waals surface area contributed by atoms with Crippen molar-refractivity contribution in [2.24, 2.45) is 0 Å². The maximum absolute atomic E-state index is 10.4. The van der Waals surface area contributed by atoms with E-state index in [2.05, 4.69) is 0 Å². The normalized spacial score (nSPS) is 8.46. The first kappa shape index (κ1) is 12.5. The molecule has 0 aliphatic heterocycles. The number of carbonyl (C=O) groups is 1. The molecule has 0 aromatic heterocycles. The molecule has 0 heterocycles. The lowest BCUT2D eigenvalue weighted by atomic mass is 10.4. The van der Waals surface area contributed by atoms with E-state index in [-0.39, 0.29) is 0 Å². The van der Waals surface area contributed by atoms with Gasteiger partial charge in [-0.15, -0.1) is 0 Å². The Labute approximate surface area is 91.4 Å². The predicted octanol–water partition coefficient (Wildman–Crippen LogP) is 2.92. The minimum absolute atomic E-state index is 0.611. The number of aliphatic carboxylic acids is 1. The SMILES string of the molecule is CC(=O)O.O=Ic1ccccc1Cl. The van der Waals surface area contributed by atoms with Crippen molar-refractivity contribution >= 4 is 38.8 Å². The number of carboxylic acids is 1. The van der Waals surface area contributed by atoms with Crippen molar-refractivity contribution in [3.63, 3.8) is 0 Å². The van der Waals surface area contributed by atoms with Gasteiger partial charge in [-0.1, -0.05) is 23.7 Å². The quantitative estimate of drug-likeness (QED) is 0.811. The molecule has 1 aromatic rings. The van der Waals surface area contributed by atoms with Gasteiger partial charge in [0.2, 0.25) is 0 Å². The largest absolute Gasteiger partial charge is 0.481 e. The van der Waals surface area contributed by atoms with Gasteiger partial charge in [0.1, 0.15) is 0 Å². The van der Waals surface area contributed by atoms with Crippen molar-refractivity contribution in [1.29, 1.82) is 0 Å². The molecule has 0 atom stereocenters. The van der Waals surface area contributed by atoms with Gasteiger partial charge in [-0.3, -0.25) is 7.86 Å². The van der Waals surface area contributed by atoms with Gasteiger partial charge in [0.15, 0.2) is 21.2 Å². The Balaban J connectivity index is 0.000000310. The molecular weight excluding hydrogens is 306 g/mol.